The van der Waals surface area contributed by atoms with Crippen LogP contribution in [-0.4, -0.2) is 43.9 Å². The Kier molecular flexibility index (Phi) is 9.02. The minimum atomic E-state index is -0.845. The van der Waals surface area contributed by atoms with Crippen LogP contribution in [0.25, 0.3) is 0 Å². The van der Waals surface area contributed by atoms with Crippen molar-refractivity contribution in [1.29, 1.82) is 0 Å². The third-order valence-corrected chi connectivity index (χ3v) is 4.13. The maximum Gasteiger partial charge on any atom is 0.256 e. The Morgan fingerprint density at radius 1 is 1.12 bits per heavy atom. The molecule has 0 saturated carbocycles. The Balaban J connectivity index is 2.94. The zero-order valence-electron chi connectivity index (χ0n) is 17.2. The number of anilines is 1. The number of nitrogens with zero attached hydrogens (tertiary/aromatic N) is 1. The number of pyridine rings is 1. The predicted molar refractivity (Wildman–Crippen MR) is 104 cm³/mol. The van der Waals surface area contributed by atoms with Gasteiger partial charge in [-0.05, 0) is 37.7 Å². The first kappa shape index (κ1) is 22.4. The lowest BCUT2D eigenvalue weighted by Crippen LogP contribution is -2.47. The molecule has 148 valence electrons. The zero-order chi connectivity index (χ0) is 19.7. The molecule has 0 saturated heterocycles. The monoisotopic (exact) mass is 366 g/mol. The molecule has 1 amide bonds. The molecule has 0 radical (unpaired) electrons. The van der Waals surface area contributed by atoms with Crippen molar-refractivity contribution < 1.29 is 19.0 Å². The summed E-state index contributed by atoms with van der Waals surface area (Å²) in [4.78, 5) is 17.5. The van der Waals surface area contributed by atoms with Crippen molar-refractivity contribution in [2.75, 3.05) is 32.8 Å². The lowest BCUT2D eigenvalue weighted by Gasteiger charge is -2.34. The van der Waals surface area contributed by atoms with Gasteiger partial charge in [0.05, 0.1) is 18.0 Å². The quantitative estimate of drug-likeness (QED) is 0.603. The molecule has 1 heterocycles. The van der Waals surface area contributed by atoms with Crippen LogP contribution in [0.3, 0.4) is 0 Å². The second kappa shape index (κ2) is 10.5. The average molecular weight is 367 g/mol. The predicted octanol–water partition coefficient (Wildman–Crippen LogP) is 3.83. The first-order chi connectivity index (χ1) is 12.2. The van der Waals surface area contributed by atoms with Crippen LogP contribution >= 0.6 is 0 Å². The summed E-state index contributed by atoms with van der Waals surface area (Å²) in [5.41, 5.74) is 0.526. The first-order valence-electron chi connectivity index (χ1n) is 9.20. The number of rotatable bonds is 11. The molecule has 0 fully saturated rings. The van der Waals surface area contributed by atoms with Crippen molar-refractivity contribution in [3.63, 3.8) is 0 Å². The summed E-state index contributed by atoms with van der Waals surface area (Å²) in [6.07, 6.45) is 1.33. The molecule has 0 aliphatic rings. The fourth-order valence-electron chi connectivity index (χ4n) is 3.06. The molecule has 1 aromatic heterocycles. The highest BCUT2D eigenvalue weighted by Gasteiger charge is 2.40. The molecule has 0 unspecified atom stereocenters. The van der Waals surface area contributed by atoms with Gasteiger partial charge in [-0.15, -0.1) is 0 Å². The summed E-state index contributed by atoms with van der Waals surface area (Å²) in [5.74, 6) is 1.07. The second-order valence-electron chi connectivity index (χ2n) is 7.47. The molecule has 1 rings (SSSR count). The number of carbonyl (C=O) groups is 1. The Morgan fingerprint density at radius 3 is 2.19 bits per heavy atom. The number of hydrogen-bond donors (Lipinski definition) is 1. The Bertz CT molecular complexity index is 563. The largest absolute Gasteiger partial charge is 0.475 e. The van der Waals surface area contributed by atoms with Crippen LogP contribution in [-0.2, 0) is 14.3 Å². The van der Waals surface area contributed by atoms with E-state index in [-0.39, 0.29) is 5.91 Å². The normalized spacial score (nSPS) is 11.9. The van der Waals surface area contributed by atoms with E-state index in [4.69, 9.17) is 14.2 Å². The van der Waals surface area contributed by atoms with Gasteiger partial charge in [-0.1, -0.05) is 27.7 Å². The molecule has 1 aromatic rings. The lowest BCUT2D eigenvalue weighted by atomic mass is 9.84. The number of aromatic nitrogens is 1. The number of amides is 1. The molecule has 0 spiro atoms. The number of aryl methyl sites for hydroxylation is 1. The molecule has 0 aliphatic carbocycles. The summed E-state index contributed by atoms with van der Waals surface area (Å²) in [6.45, 7) is 11.2. The number of hydrogen-bond acceptors (Lipinski definition) is 5. The van der Waals surface area contributed by atoms with Crippen LogP contribution in [0.2, 0.25) is 0 Å². The van der Waals surface area contributed by atoms with Crippen LogP contribution in [0.4, 0.5) is 5.69 Å². The van der Waals surface area contributed by atoms with E-state index < -0.39 is 5.60 Å². The second-order valence-corrected chi connectivity index (χ2v) is 7.47. The molecular formula is C20H34N2O4. The SMILES string of the molecule is COCCOc1ccc(NC(=O)C(CC(C)C)(CC(C)C)OC)c(C)n1. The number of ether oxygens (including phenoxy) is 3. The van der Waals surface area contributed by atoms with Crippen LogP contribution in [0.1, 0.15) is 46.2 Å². The van der Waals surface area contributed by atoms with Gasteiger partial charge in [0.25, 0.3) is 5.91 Å². The zero-order valence-corrected chi connectivity index (χ0v) is 17.2. The van der Waals surface area contributed by atoms with E-state index in [0.29, 0.717) is 55.2 Å². The molecule has 26 heavy (non-hydrogen) atoms. The molecule has 0 bridgehead atoms. The van der Waals surface area contributed by atoms with E-state index in [2.05, 4.69) is 38.0 Å². The van der Waals surface area contributed by atoms with E-state index in [1.807, 2.05) is 13.0 Å². The number of methoxy groups -OCH3 is 2. The first-order valence-corrected chi connectivity index (χ1v) is 9.20. The Labute approximate surface area is 157 Å². The van der Waals surface area contributed by atoms with Crippen LogP contribution < -0.4 is 10.1 Å². The van der Waals surface area contributed by atoms with Gasteiger partial charge in [-0.25, -0.2) is 4.98 Å². The van der Waals surface area contributed by atoms with Gasteiger partial charge < -0.3 is 19.5 Å². The van der Waals surface area contributed by atoms with Gasteiger partial charge in [0.15, 0.2) is 0 Å². The van der Waals surface area contributed by atoms with Gasteiger partial charge in [0.2, 0.25) is 5.88 Å². The van der Waals surface area contributed by atoms with Crippen molar-refractivity contribution in [3.8, 4) is 5.88 Å². The highest BCUT2D eigenvalue weighted by atomic mass is 16.5. The van der Waals surface area contributed by atoms with E-state index in [9.17, 15) is 4.79 Å². The summed E-state index contributed by atoms with van der Waals surface area (Å²) in [6, 6.07) is 3.56. The molecule has 6 nitrogen and oxygen atoms in total. The highest BCUT2D eigenvalue weighted by molar-refractivity contribution is 5.97. The van der Waals surface area contributed by atoms with E-state index in [1.165, 1.54) is 0 Å². The van der Waals surface area contributed by atoms with E-state index in [0.717, 1.165) is 0 Å². The minimum Gasteiger partial charge on any atom is -0.475 e. The maximum absolute atomic E-state index is 13.1. The number of carbonyl (C=O) groups excluding carboxylic acids is 1. The average Bonchev–Trinajstić information content (AvgIpc) is 2.55. The molecule has 0 aliphatic heterocycles. The number of nitrogens with one attached hydrogen (secondary N) is 1. The lowest BCUT2D eigenvalue weighted by molar-refractivity contribution is -0.142. The van der Waals surface area contributed by atoms with Gasteiger partial charge in [-0.3, -0.25) is 4.79 Å². The smallest absolute Gasteiger partial charge is 0.256 e. The molecule has 6 heteroatoms. The summed E-state index contributed by atoms with van der Waals surface area (Å²) in [7, 11) is 3.24. The van der Waals surface area contributed by atoms with Gasteiger partial charge >= 0.3 is 0 Å². The van der Waals surface area contributed by atoms with Gasteiger partial charge in [0, 0.05) is 20.3 Å². The molecule has 0 aromatic carbocycles. The van der Waals surface area contributed by atoms with Crippen molar-refractivity contribution in [2.45, 2.75) is 53.1 Å². The van der Waals surface area contributed by atoms with Crippen LogP contribution in [0, 0.1) is 18.8 Å². The van der Waals surface area contributed by atoms with Crippen molar-refractivity contribution in [3.05, 3.63) is 17.8 Å². The minimum absolute atomic E-state index is 0.125. The van der Waals surface area contributed by atoms with Crippen LogP contribution in [0.5, 0.6) is 5.88 Å². The van der Waals surface area contributed by atoms with Gasteiger partial charge in [0.1, 0.15) is 12.2 Å². The Hall–Kier alpha value is -1.66. The fraction of sp³-hybridized carbons (Fsp3) is 0.700. The van der Waals surface area contributed by atoms with Crippen LogP contribution in [0.15, 0.2) is 12.1 Å². The maximum atomic E-state index is 13.1. The topological polar surface area (TPSA) is 69.7 Å². The van der Waals surface area contributed by atoms with E-state index >= 15 is 0 Å². The fourth-order valence-corrected chi connectivity index (χ4v) is 3.06. The van der Waals surface area contributed by atoms with Crippen molar-refractivity contribution in [2.24, 2.45) is 11.8 Å². The van der Waals surface area contributed by atoms with Crippen molar-refractivity contribution >= 4 is 11.6 Å². The molecule has 1 N–H and O–H groups in total. The summed E-state index contributed by atoms with van der Waals surface area (Å²) < 4.78 is 16.2. The summed E-state index contributed by atoms with van der Waals surface area (Å²) in [5, 5.41) is 3.00. The van der Waals surface area contributed by atoms with Gasteiger partial charge in [-0.2, -0.15) is 0 Å². The Morgan fingerprint density at radius 2 is 1.73 bits per heavy atom. The molecular weight excluding hydrogens is 332 g/mol. The third-order valence-electron chi connectivity index (χ3n) is 4.13. The standard InChI is InChI=1S/C20H34N2O4/c1-14(2)12-20(25-7,13-15(3)4)19(23)22-17-8-9-18(21-16(17)5)26-11-10-24-6/h8-9,14-15H,10-13H2,1-7H3,(H,22,23). The third kappa shape index (κ3) is 6.57. The van der Waals surface area contributed by atoms with Crippen molar-refractivity contribution in [1.82, 2.24) is 4.98 Å². The van der Waals surface area contributed by atoms with E-state index in [1.54, 1.807) is 20.3 Å². The summed E-state index contributed by atoms with van der Waals surface area (Å²) >= 11 is 0. The highest BCUT2D eigenvalue weighted by Crippen LogP contribution is 2.30. The molecule has 0 atom stereocenters.